The molecule has 0 fully saturated rings. The molecule has 22 heavy (non-hydrogen) atoms. The molecular formula is C17H16N4S. The fourth-order valence-corrected chi connectivity index (χ4v) is 2.32. The molecule has 0 saturated heterocycles. The van der Waals surface area contributed by atoms with Crippen LogP contribution in [0.2, 0.25) is 0 Å². The van der Waals surface area contributed by atoms with Crippen molar-refractivity contribution in [3.8, 4) is 11.4 Å². The second-order valence-electron chi connectivity index (χ2n) is 5.13. The Balaban J connectivity index is 2.01. The lowest BCUT2D eigenvalue weighted by molar-refractivity contribution is 0.871. The van der Waals surface area contributed by atoms with Crippen LogP contribution in [0, 0.1) is 18.6 Å². The molecule has 1 N–H and O–H groups in total. The summed E-state index contributed by atoms with van der Waals surface area (Å²) in [5.41, 5.74) is 4.39. The monoisotopic (exact) mass is 308 g/mol. The highest BCUT2D eigenvalue weighted by atomic mass is 32.1. The first-order valence-electron chi connectivity index (χ1n) is 6.99. The van der Waals surface area contributed by atoms with Crippen LogP contribution in [0.5, 0.6) is 0 Å². The first-order chi connectivity index (χ1) is 10.6. The van der Waals surface area contributed by atoms with E-state index in [0.29, 0.717) is 10.6 Å². The summed E-state index contributed by atoms with van der Waals surface area (Å²) in [6.45, 7) is 4.11. The van der Waals surface area contributed by atoms with Crippen LogP contribution in [-0.4, -0.2) is 21.1 Å². The first-order valence-corrected chi connectivity index (χ1v) is 7.40. The lowest BCUT2D eigenvalue weighted by Gasteiger charge is -2.02. The van der Waals surface area contributed by atoms with E-state index < -0.39 is 0 Å². The molecule has 1 aromatic heterocycles. The Kier molecular flexibility index (Phi) is 3.98. The molecule has 0 spiro atoms. The molecule has 4 nitrogen and oxygen atoms in total. The van der Waals surface area contributed by atoms with Gasteiger partial charge in [-0.2, -0.15) is 14.9 Å². The Labute approximate surface area is 134 Å². The van der Waals surface area contributed by atoms with E-state index in [9.17, 15) is 0 Å². The second kappa shape index (κ2) is 6.07. The third-order valence-corrected chi connectivity index (χ3v) is 3.73. The number of benzene rings is 2. The van der Waals surface area contributed by atoms with Gasteiger partial charge in [-0.05, 0) is 37.2 Å². The summed E-state index contributed by atoms with van der Waals surface area (Å²) in [4.78, 5) is 0. The van der Waals surface area contributed by atoms with Gasteiger partial charge in [0.15, 0.2) is 5.82 Å². The molecule has 0 aliphatic carbocycles. The minimum atomic E-state index is 0.473. The molecule has 0 radical (unpaired) electrons. The fourth-order valence-electron chi connectivity index (χ4n) is 2.14. The maximum Gasteiger partial charge on any atom is 0.216 e. The molecule has 0 unspecified atom stereocenters. The Hall–Kier alpha value is -2.53. The van der Waals surface area contributed by atoms with Crippen LogP contribution in [0.4, 0.5) is 0 Å². The van der Waals surface area contributed by atoms with E-state index in [2.05, 4.69) is 35.2 Å². The number of aryl methyl sites for hydroxylation is 2. The summed E-state index contributed by atoms with van der Waals surface area (Å²) < 4.78 is 2.12. The summed E-state index contributed by atoms with van der Waals surface area (Å²) >= 11 is 5.28. The highest BCUT2D eigenvalue weighted by Crippen LogP contribution is 2.17. The molecule has 2 aromatic carbocycles. The zero-order valence-electron chi connectivity index (χ0n) is 12.4. The number of hydrogen-bond acceptors (Lipinski definition) is 3. The molecule has 3 aromatic rings. The Morgan fingerprint density at radius 2 is 1.82 bits per heavy atom. The van der Waals surface area contributed by atoms with Gasteiger partial charge in [-0.15, -0.1) is 0 Å². The zero-order chi connectivity index (χ0) is 15.5. The van der Waals surface area contributed by atoms with Crippen molar-refractivity contribution in [1.29, 1.82) is 0 Å². The lowest BCUT2D eigenvalue weighted by Crippen LogP contribution is -1.96. The molecule has 5 heteroatoms. The molecule has 0 atom stereocenters. The number of nitrogens with zero attached hydrogens (tertiary/aromatic N) is 3. The maximum atomic E-state index is 5.28. The van der Waals surface area contributed by atoms with Gasteiger partial charge >= 0.3 is 0 Å². The first kappa shape index (κ1) is 14.4. The molecule has 3 rings (SSSR count). The highest BCUT2D eigenvalue weighted by molar-refractivity contribution is 7.71. The predicted octanol–water partition coefficient (Wildman–Crippen LogP) is 4.11. The average molecular weight is 308 g/mol. The normalized spacial score (nSPS) is 11.2. The molecule has 110 valence electrons. The smallest absolute Gasteiger partial charge is 0.216 e. The van der Waals surface area contributed by atoms with E-state index in [4.69, 9.17) is 12.2 Å². The van der Waals surface area contributed by atoms with Gasteiger partial charge in [-0.3, -0.25) is 0 Å². The molecule has 0 bridgehead atoms. The minimum absolute atomic E-state index is 0.473. The van der Waals surface area contributed by atoms with Gasteiger partial charge in [0, 0.05) is 5.56 Å². The highest BCUT2D eigenvalue weighted by Gasteiger charge is 2.07. The molecule has 0 aliphatic heterocycles. The molecule has 0 saturated carbocycles. The van der Waals surface area contributed by atoms with Gasteiger partial charge < -0.3 is 0 Å². The van der Waals surface area contributed by atoms with Crippen molar-refractivity contribution in [3.63, 3.8) is 0 Å². The van der Waals surface area contributed by atoms with Crippen LogP contribution in [0.3, 0.4) is 0 Å². The zero-order valence-corrected chi connectivity index (χ0v) is 13.3. The number of rotatable bonds is 3. The molecular weight excluding hydrogens is 292 g/mol. The van der Waals surface area contributed by atoms with Gasteiger partial charge in [0.2, 0.25) is 4.77 Å². The molecule has 0 aliphatic rings. The number of nitrogens with one attached hydrogen (secondary N) is 1. The minimum Gasteiger partial charge on any atom is -0.250 e. The van der Waals surface area contributed by atoms with Gasteiger partial charge in [0.1, 0.15) is 0 Å². The topological polar surface area (TPSA) is 46.0 Å². The van der Waals surface area contributed by atoms with E-state index in [1.165, 1.54) is 5.56 Å². The summed E-state index contributed by atoms with van der Waals surface area (Å²) in [7, 11) is 0. The summed E-state index contributed by atoms with van der Waals surface area (Å²) in [5, 5.41) is 11.6. The Morgan fingerprint density at radius 3 is 2.55 bits per heavy atom. The number of aromatic amines is 1. The van der Waals surface area contributed by atoms with E-state index in [1.807, 2.05) is 42.5 Å². The summed E-state index contributed by atoms with van der Waals surface area (Å²) in [5.74, 6) is 0.704. The second-order valence-corrected chi connectivity index (χ2v) is 5.52. The van der Waals surface area contributed by atoms with E-state index in [1.54, 1.807) is 10.9 Å². The van der Waals surface area contributed by atoms with Gasteiger partial charge in [0.25, 0.3) is 0 Å². The molecule has 0 amide bonds. The van der Waals surface area contributed by atoms with Crippen LogP contribution in [0.25, 0.3) is 11.4 Å². The van der Waals surface area contributed by atoms with Crippen molar-refractivity contribution < 1.29 is 0 Å². The largest absolute Gasteiger partial charge is 0.250 e. The van der Waals surface area contributed by atoms with Crippen molar-refractivity contribution >= 4 is 18.4 Å². The SMILES string of the molecule is Cc1ccc(-c2n[nH]c(=S)n2/N=C/c2ccccc2C)cc1. The summed E-state index contributed by atoms with van der Waals surface area (Å²) in [6.07, 6.45) is 1.80. The van der Waals surface area contributed by atoms with Crippen molar-refractivity contribution in [2.75, 3.05) is 0 Å². The number of H-pyrrole nitrogens is 1. The Bertz CT molecular complexity index is 872. The fraction of sp³-hybridized carbons (Fsp3) is 0.118. The maximum absolute atomic E-state index is 5.28. The lowest BCUT2D eigenvalue weighted by atomic mass is 10.1. The average Bonchev–Trinajstić information content (AvgIpc) is 2.88. The standard InChI is InChI=1S/C17H16N4S/c1-12-7-9-14(10-8-12)16-19-20-17(22)21(16)18-11-15-6-4-3-5-13(15)2/h3-11H,1-2H3,(H,20,22)/b18-11+. The van der Waals surface area contributed by atoms with E-state index >= 15 is 0 Å². The van der Waals surface area contributed by atoms with Crippen molar-refractivity contribution in [3.05, 3.63) is 70.0 Å². The predicted molar refractivity (Wildman–Crippen MR) is 91.8 cm³/mol. The van der Waals surface area contributed by atoms with Gasteiger partial charge in [0.05, 0.1) is 6.21 Å². The third-order valence-electron chi connectivity index (χ3n) is 3.46. The van der Waals surface area contributed by atoms with Crippen LogP contribution >= 0.6 is 12.2 Å². The van der Waals surface area contributed by atoms with Crippen molar-refractivity contribution in [2.24, 2.45) is 5.10 Å². The number of aromatic nitrogens is 3. The van der Waals surface area contributed by atoms with E-state index in [-0.39, 0.29) is 0 Å². The van der Waals surface area contributed by atoms with Crippen molar-refractivity contribution in [1.82, 2.24) is 14.9 Å². The van der Waals surface area contributed by atoms with Crippen molar-refractivity contribution in [2.45, 2.75) is 13.8 Å². The van der Waals surface area contributed by atoms with Crippen LogP contribution in [0.1, 0.15) is 16.7 Å². The summed E-state index contributed by atoms with van der Waals surface area (Å²) in [6, 6.07) is 16.2. The molecule has 1 heterocycles. The Morgan fingerprint density at radius 1 is 1.09 bits per heavy atom. The van der Waals surface area contributed by atoms with E-state index in [0.717, 1.165) is 16.7 Å². The number of hydrogen-bond donors (Lipinski definition) is 1. The van der Waals surface area contributed by atoms with Crippen LogP contribution in [0.15, 0.2) is 53.6 Å². The van der Waals surface area contributed by atoms with Crippen LogP contribution in [-0.2, 0) is 0 Å². The quantitative estimate of drug-likeness (QED) is 0.584. The van der Waals surface area contributed by atoms with Gasteiger partial charge in [-0.25, -0.2) is 5.10 Å². The van der Waals surface area contributed by atoms with Gasteiger partial charge in [-0.1, -0.05) is 54.1 Å². The third kappa shape index (κ3) is 2.89. The van der Waals surface area contributed by atoms with Crippen LogP contribution < -0.4 is 0 Å².